The third-order valence-electron chi connectivity index (χ3n) is 4.33. The van der Waals surface area contributed by atoms with E-state index in [9.17, 15) is 9.59 Å². The maximum atomic E-state index is 12.2. The summed E-state index contributed by atoms with van der Waals surface area (Å²) in [6, 6.07) is 5.96. The highest BCUT2D eigenvalue weighted by molar-refractivity contribution is 5.78. The van der Waals surface area contributed by atoms with E-state index < -0.39 is 0 Å². The second-order valence-electron chi connectivity index (χ2n) is 6.07. The Kier molecular flexibility index (Phi) is 7.06. The molecule has 7 nitrogen and oxygen atoms in total. The average Bonchev–Trinajstić information content (AvgIpc) is 3.05. The van der Waals surface area contributed by atoms with Crippen molar-refractivity contribution < 1.29 is 19.1 Å². The van der Waals surface area contributed by atoms with Gasteiger partial charge in [-0.1, -0.05) is 6.07 Å². The van der Waals surface area contributed by atoms with E-state index in [0.29, 0.717) is 19.6 Å². The molecule has 1 aromatic carbocycles. The number of rotatable bonds is 8. The highest BCUT2D eigenvalue weighted by Gasteiger charge is 2.29. The fourth-order valence-corrected chi connectivity index (χ4v) is 3.14. The summed E-state index contributed by atoms with van der Waals surface area (Å²) < 4.78 is 10.8. The summed E-state index contributed by atoms with van der Waals surface area (Å²) in [5.41, 5.74) is 1.08. The summed E-state index contributed by atoms with van der Waals surface area (Å²) >= 11 is 0. The van der Waals surface area contributed by atoms with Crippen LogP contribution in [-0.4, -0.2) is 57.1 Å². The van der Waals surface area contributed by atoms with Gasteiger partial charge in [0.1, 0.15) is 11.5 Å². The Morgan fingerprint density at radius 1 is 1.20 bits per heavy atom. The molecule has 7 heteroatoms. The topological polar surface area (TPSA) is 79.9 Å². The molecule has 1 heterocycles. The summed E-state index contributed by atoms with van der Waals surface area (Å²) in [7, 11) is 3.27. The van der Waals surface area contributed by atoms with E-state index in [0.717, 1.165) is 36.4 Å². The number of amides is 2. The Morgan fingerprint density at radius 2 is 1.96 bits per heavy atom. The van der Waals surface area contributed by atoms with Crippen molar-refractivity contribution in [2.24, 2.45) is 0 Å². The molecule has 0 spiro atoms. The fourth-order valence-electron chi connectivity index (χ4n) is 3.14. The van der Waals surface area contributed by atoms with E-state index in [1.807, 2.05) is 18.2 Å². The van der Waals surface area contributed by atoms with Gasteiger partial charge in [-0.3, -0.25) is 14.5 Å². The minimum atomic E-state index is -0.0968. The van der Waals surface area contributed by atoms with Crippen molar-refractivity contribution in [1.82, 2.24) is 15.5 Å². The minimum Gasteiger partial charge on any atom is -0.497 e. The van der Waals surface area contributed by atoms with Crippen molar-refractivity contribution in [2.75, 3.05) is 40.4 Å². The van der Waals surface area contributed by atoms with Crippen LogP contribution in [-0.2, 0) is 9.59 Å². The summed E-state index contributed by atoms with van der Waals surface area (Å²) in [6.45, 7) is 3.54. The molecule has 0 bridgehead atoms. The van der Waals surface area contributed by atoms with Crippen molar-refractivity contribution in [3.05, 3.63) is 23.8 Å². The number of methoxy groups -OCH3 is 2. The number of nitrogens with zero attached hydrogens (tertiary/aromatic N) is 1. The molecule has 1 aromatic rings. The van der Waals surface area contributed by atoms with Crippen LogP contribution in [0.5, 0.6) is 11.5 Å². The van der Waals surface area contributed by atoms with Crippen LogP contribution >= 0.6 is 0 Å². The molecular weight excluding hydrogens is 322 g/mol. The Balaban J connectivity index is 1.96. The monoisotopic (exact) mass is 349 g/mol. The smallest absolute Gasteiger partial charge is 0.234 e. The largest absolute Gasteiger partial charge is 0.497 e. The molecular formula is C18H27N3O4. The van der Waals surface area contributed by atoms with Crippen LogP contribution in [0.15, 0.2) is 18.2 Å². The minimum absolute atomic E-state index is 0.0373. The van der Waals surface area contributed by atoms with Crippen LogP contribution in [0.3, 0.4) is 0 Å². The lowest BCUT2D eigenvalue weighted by Crippen LogP contribution is -2.40. The number of likely N-dealkylation sites (tertiary alicyclic amines) is 1. The molecule has 2 N–H and O–H groups in total. The van der Waals surface area contributed by atoms with E-state index in [1.165, 1.54) is 6.92 Å². The predicted octanol–water partition coefficient (Wildman–Crippen LogP) is 1.09. The van der Waals surface area contributed by atoms with Crippen LogP contribution in [0.1, 0.15) is 31.4 Å². The van der Waals surface area contributed by atoms with Crippen LogP contribution in [0.2, 0.25) is 0 Å². The molecule has 138 valence electrons. The van der Waals surface area contributed by atoms with Crippen LogP contribution in [0.25, 0.3) is 0 Å². The first-order chi connectivity index (χ1) is 12.0. The molecule has 0 aliphatic carbocycles. The van der Waals surface area contributed by atoms with Gasteiger partial charge in [-0.25, -0.2) is 0 Å². The third kappa shape index (κ3) is 5.35. The molecule has 25 heavy (non-hydrogen) atoms. The summed E-state index contributed by atoms with van der Waals surface area (Å²) in [5.74, 6) is 1.40. The first-order valence-electron chi connectivity index (χ1n) is 8.52. The van der Waals surface area contributed by atoms with Crippen molar-refractivity contribution >= 4 is 11.8 Å². The fraction of sp³-hybridized carbons (Fsp3) is 0.556. The lowest BCUT2D eigenvalue weighted by molar-refractivity contribution is -0.123. The van der Waals surface area contributed by atoms with Crippen molar-refractivity contribution in [3.8, 4) is 11.5 Å². The van der Waals surface area contributed by atoms with Crippen LogP contribution in [0, 0.1) is 0 Å². The summed E-state index contributed by atoms with van der Waals surface area (Å²) in [4.78, 5) is 25.1. The summed E-state index contributed by atoms with van der Waals surface area (Å²) in [5, 5.41) is 5.50. The van der Waals surface area contributed by atoms with Gasteiger partial charge >= 0.3 is 0 Å². The Labute approximate surface area is 148 Å². The number of hydrogen-bond donors (Lipinski definition) is 2. The van der Waals surface area contributed by atoms with E-state index in [-0.39, 0.29) is 17.9 Å². The van der Waals surface area contributed by atoms with Gasteiger partial charge in [0.2, 0.25) is 11.8 Å². The van der Waals surface area contributed by atoms with Crippen molar-refractivity contribution in [1.29, 1.82) is 0 Å². The van der Waals surface area contributed by atoms with Crippen molar-refractivity contribution in [2.45, 2.75) is 25.8 Å². The molecule has 1 fully saturated rings. The molecule has 1 saturated heterocycles. The van der Waals surface area contributed by atoms with Gasteiger partial charge in [0.15, 0.2) is 0 Å². The molecule has 1 atom stereocenters. The molecule has 2 amide bonds. The SMILES string of the molecule is COc1ccc(C2CCCN2CC(=O)NCCNC(C)=O)c(OC)c1. The number of carbonyl (C=O) groups excluding carboxylic acids is 2. The number of benzene rings is 1. The average molecular weight is 349 g/mol. The van der Waals surface area contributed by atoms with Crippen LogP contribution < -0.4 is 20.1 Å². The Hall–Kier alpha value is -2.28. The highest BCUT2D eigenvalue weighted by atomic mass is 16.5. The van der Waals surface area contributed by atoms with E-state index in [2.05, 4.69) is 15.5 Å². The summed E-state index contributed by atoms with van der Waals surface area (Å²) in [6.07, 6.45) is 2.03. The Morgan fingerprint density at radius 3 is 2.64 bits per heavy atom. The van der Waals surface area contributed by atoms with E-state index in [4.69, 9.17) is 9.47 Å². The lowest BCUT2D eigenvalue weighted by atomic mass is 10.0. The third-order valence-corrected chi connectivity index (χ3v) is 4.33. The zero-order chi connectivity index (χ0) is 18.2. The normalized spacial score (nSPS) is 17.2. The van der Waals surface area contributed by atoms with E-state index >= 15 is 0 Å². The van der Waals surface area contributed by atoms with Gasteiger partial charge in [0.05, 0.1) is 20.8 Å². The Bertz CT molecular complexity index is 606. The maximum Gasteiger partial charge on any atom is 0.234 e. The number of nitrogens with one attached hydrogen (secondary N) is 2. The molecule has 0 aromatic heterocycles. The van der Waals surface area contributed by atoms with Gasteiger partial charge in [0.25, 0.3) is 0 Å². The van der Waals surface area contributed by atoms with Crippen LogP contribution in [0.4, 0.5) is 0 Å². The van der Waals surface area contributed by atoms with Gasteiger partial charge in [-0.2, -0.15) is 0 Å². The highest BCUT2D eigenvalue weighted by Crippen LogP contribution is 2.38. The second-order valence-corrected chi connectivity index (χ2v) is 6.07. The number of ether oxygens (including phenoxy) is 2. The van der Waals surface area contributed by atoms with Crippen molar-refractivity contribution in [3.63, 3.8) is 0 Å². The van der Waals surface area contributed by atoms with Gasteiger partial charge in [-0.15, -0.1) is 0 Å². The quantitative estimate of drug-likeness (QED) is 0.687. The van der Waals surface area contributed by atoms with Gasteiger partial charge < -0.3 is 20.1 Å². The molecule has 1 unspecified atom stereocenters. The molecule has 0 radical (unpaired) electrons. The lowest BCUT2D eigenvalue weighted by Gasteiger charge is -2.25. The van der Waals surface area contributed by atoms with Gasteiger partial charge in [0, 0.05) is 37.7 Å². The molecule has 1 aliphatic heterocycles. The predicted molar refractivity (Wildman–Crippen MR) is 94.8 cm³/mol. The standard InChI is InChI=1S/C18H27N3O4/c1-13(22)19-8-9-20-18(23)12-21-10-4-5-16(21)15-7-6-14(24-2)11-17(15)25-3/h6-7,11,16H,4-5,8-10,12H2,1-3H3,(H,19,22)(H,20,23). The molecule has 0 saturated carbocycles. The first kappa shape index (κ1) is 19.1. The second kappa shape index (κ2) is 9.27. The first-order valence-corrected chi connectivity index (χ1v) is 8.52. The number of hydrogen-bond acceptors (Lipinski definition) is 5. The van der Waals surface area contributed by atoms with E-state index in [1.54, 1.807) is 14.2 Å². The zero-order valence-corrected chi connectivity index (χ0v) is 15.1. The maximum absolute atomic E-state index is 12.2. The van der Waals surface area contributed by atoms with Gasteiger partial charge in [-0.05, 0) is 25.5 Å². The molecule has 2 rings (SSSR count). The number of carbonyl (C=O) groups is 2. The zero-order valence-electron chi connectivity index (χ0n) is 15.1. The molecule has 1 aliphatic rings.